The van der Waals surface area contributed by atoms with E-state index in [1.54, 1.807) is 24.3 Å². The average Bonchev–Trinajstić information content (AvgIpc) is 2.67. The summed E-state index contributed by atoms with van der Waals surface area (Å²) in [6.45, 7) is 4.85. The lowest BCUT2D eigenvalue weighted by Crippen LogP contribution is -2.05. The van der Waals surface area contributed by atoms with Gasteiger partial charge in [-0.15, -0.1) is 0 Å². The molecule has 26 heavy (non-hydrogen) atoms. The molecular weight excluding hydrogens is 324 g/mol. The van der Waals surface area contributed by atoms with Crippen molar-refractivity contribution in [3.05, 3.63) is 101 Å². The maximum atomic E-state index is 12.1. The molecule has 0 aliphatic carbocycles. The zero-order valence-corrected chi connectivity index (χ0v) is 15.1. The quantitative estimate of drug-likeness (QED) is 0.573. The highest BCUT2D eigenvalue weighted by Gasteiger charge is 2.08. The highest BCUT2D eigenvalue weighted by molar-refractivity contribution is 5.89. The first-order chi connectivity index (χ1) is 12.6. The van der Waals surface area contributed by atoms with Gasteiger partial charge in [0.2, 0.25) is 0 Å². The molecular formula is C23H22O3. The normalized spacial score (nSPS) is 10.4. The first-order valence-corrected chi connectivity index (χ1v) is 8.61. The van der Waals surface area contributed by atoms with Gasteiger partial charge in [0.15, 0.2) is 0 Å². The molecule has 0 atom stereocenters. The number of carbonyl (C=O) groups excluding carboxylic acids is 1. The monoisotopic (exact) mass is 346 g/mol. The van der Waals surface area contributed by atoms with Gasteiger partial charge < -0.3 is 9.47 Å². The van der Waals surface area contributed by atoms with Crippen LogP contribution in [0, 0.1) is 13.8 Å². The van der Waals surface area contributed by atoms with E-state index in [1.165, 1.54) is 11.1 Å². The van der Waals surface area contributed by atoms with E-state index in [4.69, 9.17) is 9.47 Å². The Hall–Kier alpha value is -3.07. The van der Waals surface area contributed by atoms with Gasteiger partial charge >= 0.3 is 5.97 Å². The second-order valence-corrected chi connectivity index (χ2v) is 6.36. The molecule has 3 rings (SSSR count). The molecule has 0 bridgehead atoms. The minimum atomic E-state index is -0.337. The molecule has 3 nitrogen and oxygen atoms in total. The lowest BCUT2D eigenvalue weighted by molar-refractivity contribution is 0.0472. The fourth-order valence-corrected chi connectivity index (χ4v) is 2.45. The Morgan fingerprint density at radius 2 is 1.19 bits per heavy atom. The third-order valence-corrected chi connectivity index (χ3v) is 4.11. The predicted molar refractivity (Wildman–Crippen MR) is 102 cm³/mol. The Morgan fingerprint density at radius 3 is 1.73 bits per heavy atom. The molecule has 0 amide bonds. The molecule has 0 saturated heterocycles. The van der Waals surface area contributed by atoms with Crippen LogP contribution in [0.1, 0.15) is 32.6 Å². The van der Waals surface area contributed by atoms with E-state index in [0.717, 1.165) is 16.9 Å². The summed E-state index contributed by atoms with van der Waals surface area (Å²) in [7, 11) is 0. The van der Waals surface area contributed by atoms with Crippen LogP contribution in [0.25, 0.3) is 0 Å². The molecule has 0 saturated carbocycles. The van der Waals surface area contributed by atoms with E-state index in [-0.39, 0.29) is 12.6 Å². The summed E-state index contributed by atoms with van der Waals surface area (Å²) < 4.78 is 11.1. The van der Waals surface area contributed by atoms with Crippen molar-refractivity contribution < 1.29 is 14.3 Å². The van der Waals surface area contributed by atoms with Gasteiger partial charge in [0.05, 0.1) is 5.56 Å². The topological polar surface area (TPSA) is 35.5 Å². The van der Waals surface area contributed by atoms with Crippen LogP contribution in [0.3, 0.4) is 0 Å². The number of esters is 1. The zero-order chi connectivity index (χ0) is 18.4. The van der Waals surface area contributed by atoms with E-state index in [1.807, 2.05) is 43.3 Å². The zero-order valence-electron chi connectivity index (χ0n) is 15.1. The number of ether oxygens (including phenoxy) is 2. The number of aryl methyl sites for hydroxylation is 2. The van der Waals surface area contributed by atoms with Crippen LogP contribution in [-0.2, 0) is 18.0 Å². The Labute approximate surface area is 154 Å². The van der Waals surface area contributed by atoms with Crippen molar-refractivity contribution in [2.75, 3.05) is 0 Å². The minimum absolute atomic E-state index is 0.269. The summed E-state index contributed by atoms with van der Waals surface area (Å²) >= 11 is 0. The molecule has 0 aromatic heterocycles. The number of hydrogen-bond acceptors (Lipinski definition) is 3. The minimum Gasteiger partial charge on any atom is -0.489 e. The van der Waals surface area contributed by atoms with Gasteiger partial charge in [0, 0.05) is 0 Å². The molecule has 0 N–H and O–H groups in total. The highest BCUT2D eigenvalue weighted by Crippen LogP contribution is 2.16. The molecule has 3 aromatic rings. The number of hydrogen-bond donors (Lipinski definition) is 0. The maximum Gasteiger partial charge on any atom is 0.338 e. The second kappa shape index (κ2) is 8.34. The fourth-order valence-electron chi connectivity index (χ4n) is 2.45. The van der Waals surface area contributed by atoms with Crippen molar-refractivity contribution in [3.8, 4) is 5.75 Å². The largest absolute Gasteiger partial charge is 0.489 e. The lowest BCUT2D eigenvalue weighted by atomic mass is 10.1. The van der Waals surface area contributed by atoms with Gasteiger partial charge in [0.1, 0.15) is 19.0 Å². The Bertz CT molecular complexity index is 847. The molecule has 0 radical (unpaired) electrons. The van der Waals surface area contributed by atoms with Crippen LogP contribution in [0.4, 0.5) is 0 Å². The Balaban J connectivity index is 1.52. The predicted octanol–water partition coefficient (Wildman–Crippen LogP) is 5.24. The van der Waals surface area contributed by atoms with Crippen LogP contribution in [0.2, 0.25) is 0 Å². The SMILES string of the molecule is Cc1ccc(COC(=O)c2ccc(OCc3ccc(C)cc3)cc2)cc1. The first-order valence-electron chi connectivity index (χ1n) is 8.61. The average molecular weight is 346 g/mol. The van der Waals surface area contributed by atoms with Crippen molar-refractivity contribution in [2.24, 2.45) is 0 Å². The molecule has 3 aromatic carbocycles. The first kappa shape index (κ1) is 17.7. The standard InChI is InChI=1S/C23H22O3/c1-17-3-7-19(8-4-17)15-25-22-13-11-21(12-14-22)23(24)26-16-20-9-5-18(2)6-10-20/h3-14H,15-16H2,1-2H3. The smallest absolute Gasteiger partial charge is 0.338 e. The Morgan fingerprint density at radius 1 is 0.692 bits per heavy atom. The van der Waals surface area contributed by atoms with Gasteiger partial charge in [-0.3, -0.25) is 0 Å². The Kier molecular flexibility index (Phi) is 5.69. The lowest BCUT2D eigenvalue weighted by Gasteiger charge is -2.08. The van der Waals surface area contributed by atoms with Crippen molar-refractivity contribution in [2.45, 2.75) is 27.1 Å². The van der Waals surface area contributed by atoms with E-state index >= 15 is 0 Å². The molecule has 0 heterocycles. The van der Waals surface area contributed by atoms with Crippen molar-refractivity contribution in [3.63, 3.8) is 0 Å². The molecule has 0 fully saturated rings. The van der Waals surface area contributed by atoms with Gasteiger partial charge in [-0.05, 0) is 49.2 Å². The maximum absolute atomic E-state index is 12.1. The number of benzene rings is 3. The van der Waals surface area contributed by atoms with E-state index in [9.17, 15) is 4.79 Å². The summed E-state index contributed by atoms with van der Waals surface area (Å²) in [5.74, 6) is 0.385. The van der Waals surface area contributed by atoms with Crippen LogP contribution in [-0.4, -0.2) is 5.97 Å². The summed E-state index contributed by atoms with van der Waals surface area (Å²) in [4.78, 5) is 12.1. The van der Waals surface area contributed by atoms with Gasteiger partial charge in [-0.1, -0.05) is 59.7 Å². The molecule has 0 spiro atoms. The number of rotatable bonds is 6. The van der Waals surface area contributed by atoms with E-state index in [2.05, 4.69) is 19.1 Å². The van der Waals surface area contributed by atoms with Crippen molar-refractivity contribution in [1.82, 2.24) is 0 Å². The molecule has 3 heteroatoms. The van der Waals surface area contributed by atoms with Crippen molar-refractivity contribution >= 4 is 5.97 Å². The summed E-state index contributed by atoms with van der Waals surface area (Å²) in [6.07, 6.45) is 0. The van der Waals surface area contributed by atoms with Gasteiger partial charge in [0.25, 0.3) is 0 Å². The molecule has 132 valence electrons. The highest BCUT2D eigenvalue weighted by atomic mass is 16.5. The summed E-state index contributed by atoms with van der Waals surface area (Å²) in [5, 5.41) is 0. The van der Waals surface area contributed by atoms with E-state index in [0.29, 0.717) is 12.2 Å². The molecule has 0 aliphatic heterocycles. The van der Waals surface area contributed by atoms with Gasteiger partial charge in [-0.25, -0.2) is 4.79 Å². The van der Waals surface area contributed by atoms with Crippen LogP contribution >= 0.6 is 0 Å². The fraction of sp³-hybridized carbons (Fsp3) is 0.174. The summed E-state index contributed by atoms with van der Waals surface area (Å²) in [5.41, 5.74) is 5.00. The van der Waals surface area contributed by atoms with Crippen LogP contribution in [0.5, 0.6) is 5.75 Å². The van der Waals surface area contributed by atoms with Gasteiger partial charge in [-0.2, -0.15) is 0 Å². The summed E-state index contributed by atoms with van der Waals surface area (Å²) in [6, 6.07) is 23.2. The van der Waals surface area contributed by atoms with Crippen molar-refractivity contribution in [1.29, 1.82) is 0 Å². The third-order valence-electron chi connectivity index (χ3n) is 4.11. The third kappa shape index (κ3) is 4.96. The second-order valence-electron chi connectivity index (χ2n) is 6.36. The molecule has 0 unspecified atom stereocenters. The number of carbonyl (C=O) groups is 1. The van der Waals surface area contributed by atoms with Crippen LogP contribution in [0.15, 0.2) is 72.8 Å². The van der Waals surface area contributed by atoms with Crippen LogP contribution < -0.4 is 4.74 Å². The molecule has 0 aliphatic rings. The van der Waals surface area contributed by atoms with E-state index < -0.39 is 0 Å².